The molecule has 0 bridgehead atoms. The van der Waals surface area contributed by atoms with Crippen LogP contribution in [-0.4, -0.2) is 20.8 Å². The Hall–Kier alpha value is -3.30. The third-order valence-corrected chi connectivity index (χ3v) is 6.42. The fourth-order valence-corrected chi connectivity index (χ4v) is 4.56. The van der Waals surface area contributed by atoms with Gasteiger partial charge in [-0.15, -0.1) is 0 Å². The van der Waals surface area contributed by atoms with Crippen LogP contribution in [0.15, 0.2) is 88.6 Å². The van der Waals surface area contributed by atoms with Crippen LogP contribution in [0.2, 0.25) is 0 Å². The number of carbonyl (C=O) groups excluding carboxylic acids is 1. The Morgan fingerprint density at radius 1 is 1.03 bits per heavy atom. The van der Waals surface area contributed by atoms with Gasteiger partial charge in [-0.25, -0.2) is 9.97 Å². The first-order valence-corrected chi connectivity index (χ1v) is 10.9. The molecular formula is C22H15BrN4O3S. The number of nitrogens with one attached hydrogen (secondary N) is 1. The number of anilines is 1. The Bertz CT molecular complexity index is 1260. The van der Waals surface area contributed by atoms with Gasteiger partial charge in [-0.2, -0.15) is 0 Å². The summed E-state index contributed by atoms with van der Waals surface area (Å²) in [6, 6.07) is 21.2. The molecule has 1 N–H and O–H groups in total. The number of hydrogen-bond acceptors (Lipinski definition) is 6. The molecule has 1 atom stereocenters. The summed E-state index contributed by atoms with van der Waals surface area (Å²) in [4.78, 5) is 32.5. The zero-order valence-electron chi connectivity index (χ0n) is 15.9. The van der Waals surface area contributed by atoms with Crippen LogP contribution in [0.4, 0.5) is 11.4 Å². The lowest BCUT2D eigenvalue weighted by atomic mass is 10.1. The summed E-state index contributed by atoms with van der Waals surface area (Å²) in [7, 11) is 0. The molecule has 0 radical (unpaired) electrons. The first kappa shape index (κ1) is 21.0. The van der Waals surface area contributed by atoms with Crippen molar-refractivity contribution in [1.29, 1.82) is 0 Å². The lowest BCUT2D eigenvalue weighted by molar-refractivity contribution is -0.384. The highest BCUT2D eigenvalue weighted by molar-refractivity contribution is 9.10. The van der Waals surface area contributed by atoms with Crippen molar-refractivity contribution in [1.82, 2.24) is 9.97 Å². The standard InChI is InChI=1S/C22H15BrN4O3S/c23-17-12-15(27(29)30)10-11-19(17)26-21(28)20(14-6-2-1-3-7-14)31-22-16-8-4-5-9-18(16)24-13-25-22/h1-13,20H,(H,26,28)/t20-/m1/s1. The van der Waals surface area contributed by atoms with Gasteiger partial charge >= 0.3 is 0 Å². The first-order chi connectivity index (χ1) is 15.0. The Balaban J connectivity index is 1.67. The summed E-state index contributed by atoms with van der Waals surface area (Å²) in [5.74, 6) is -0.270. The fourth-order valence-electron chi connectivity index (χ4n) is 3.00. The molecule has 0 aliphatic rings. The molecule has 1 amide bonds. The van der Waals surface area contributed by atoms with Gasteiger partial charge < -0.3 is 5.32 Å². The van der Waals surface area contributed by atoms with Gasteiger partial charge in [0, 0.05) is 22.0 Å². The van der Waals surface area contributed by atoms with E-state index in [0.717, 1.165) is 16.5 Å². The Labute approximate surface area is 190 Å². The molecule has 9 heteroatoms. The zero-order valence-corrected chi connectivity index (χ0v) is 18.3. The van der Waals surface area contributed by atoms with Gasteiger partial charge in [0.2, 0.25) is 5.91 Å². The number of nitro groups is 1. The minimum atomic E-state index is -0.596. The van der Waals surface area contributed by atoms with Crippen molar-refractivity contribution in [2.75, 3.05) is 5.32 Å². The van der Waals surface area contributed by atoms with Crippen molar-refractivity contribution in [3.8, 4) is 0 Å². The number of amides is 1. The summed E-state index contributed by atoms with van der Waals surface area (Å²) in [6.07, 6.45) is 1.48. The van der Waals surface area contributed by atoms with Crippen molar-refractivity contribution < 1.29 is 9.72 Å². The minimum absolute atomic E-state index is 0.0636. The number of carbonyl (C=O) groups is 1. The maximum Gasteiger partial charge on any atom is 0.270 e. The maximum absolute atomic E-state index is 13.3. The normalized spacial score (nSPS) is 11.8. The van der Waals surface area contributed by atoms with Crippen molar-refractivity contribution in [3.05, 3.63) is 99.3 Å². The molecular weight excluding hydrogens is 480 g/mol. The van der Waals surface area contributed by atoms with E-state index in [-0.39, 0.29) is 11.6 Å². The van der Waals surface area contributed by atoms with E-state index in [1.54, 1.807) is 0 Å². The SMILES string of the molecule is O=C(Nc1ccc([N+](=O)[O-])cc1Br)[C@H](Sc1ncnc2ccccc12)c1ccccc1. The van der Waals surface area contributed by atoms with Gasteiger partial charge in [-0.1, -0.05) is 60.3 Å². The molecule has 1 aromatic heterocycles. The highest BCUT2D eigenvalue weighted by Gasteiger charge is 2.25. The van der Waals surface area contributed by atoms with Gasteiger partial charge in [-0.3, -0.25) is 14.9 Å². The molecule has 4 aromatic rings. The Morgan fingerprint density at radius 2 is 1.77 bits per heavy atom. The summed E-state index contributed by atoms with van der Waals surface area (Å²) >= 11 is 4.63. The molecule has 1 heterocycles. The Kier molecular flexibility index (Phi) is 6.24. The van der Waals surface area contributed by atoms with Crippen LogP contribution in [-0.2, 0) is 4.79 Å². The predicted octanol–water partition coefficient (Wildman–Crippen LogP) is 5.77. The summed E-state index contributed by atoms with van der Waals surface area (Å²) in [5, 5.41) is 14.8. The highest BCUT2D eigenvalue weighted by atomic mass is 79.9. The van der Waals surface area contributed by atoms with Crippen LogP contribution in [0.25, 0.3) is 10.9 Å². The lowest BCUT2D eigenvalue weighted by Crippen LogP contribution is -2.19. The number of nitrogens with zero attached hydrogens (tertiary/aromatic N) is 3. The molecule has 154 valence electrons. The lowest BCUT2D eigenvalue weighted by Gasteiger charge is -2.18. The second-order valence-corrected chi connectivity index (χ2v) is 8.46. The fraction of sp³-hybridized carbons (Fsp3) is 0.0455. The van der Waals surface area contributed by atoms with E-state index in [9.17, 15) is 14.9 Å². The second kappa shape index (κ2) is 9.23. The number of para-hydroxylation sites is 1. The van der Waals surface area contributed by atoms with Crippen LogP contribution in [0.1, 0.15) is 10.8 Å². The van der Waals surface area contributed by atoms with Crippen LogP contribution < -0.4 is 5.32 Å². The summed E-state index contributed by atoms with van der Waals surface area (Å²) in [5.41, 5.74) is 1.99. The minimum Gasteiger partial charge on any atom is -0.324 e. The third-order valence-electron chi connectivity index (χ3n) is 4.50. The number of rotatable bonds is 6. The molecule has 0 saturated heterocycles. The van der Waals surface area contributed by atoms with E-state index in [0.29, 0.717) is 15.2 Å². The van der Waals surface area contributed by atoms with Crippen LogP contribution in [0, 0.1) is 10.1 Å². The maximum atomic E-state index is 13.3. The third kappa shape index (κ3) is 4.73. The molecule has 31 heavy (non-hydrogen) atoms. The van der Waals surface area contributed by atoms with Crippen molar-refractivity contribution in [2.24, 2.45) is 0 Å². The van der Waals surface area contributed by atoms with E-state index >= 15 is 0 Å². The second-order valence-electron chi connectivity index (χ2n) is 6.52. The molecule has 0 aliphatic carbocycles. The van der Waals surface area contributed by atoms with Crippen LogP contribution in [0.5, 0.6) is 0 Å². The van der Waals surface area contributed by atoms with Crippen LogP contribution >= 0.6 is 27.7 Å². The predicted molar refractivity (Wildman–Crippen MR) is 124 cm³/mol. The van der Waals surface area contributed by atoms with Gasteiger partial charge in [-0.05, 0) is 33.6 Å². The number of nitro benzene ring substituents is 1. The number of aromatic nitrogens is 2. The molecule has 0 fully saturated rings. The van der Waals surface area contributed by atoms with E-state index in [4.69, 9.17) is 0 Å². The topological polar surface area (TPSA) is 98.0 Å². The molecule has 0 aliphatic heterocycles. The molecule has 0 saturated carbocycles. The van der Waals surface area contributed by atoms with E-state index in [1.807, 2.05) is 54.6 Å². The molecule has 0 unspecified atom stereocenters. The Morgan fingerprint density at radius 3 is 2.52 bits per heavy atom. The number of benzene rings is 3. The molecule has 0 spiro atoms. The average Bonchev–Trinajstić information content (AvgIpc) is 2.79. The van der Waals surface area contributed by atoms with E-state index in [2.05, 4.69) is 31.2 Å². The van der Waals surface area contributed by atoms with Gasteiger partial charge in [0.1, 0.15) is 16.6 Å². The van der Waals surface area contributed by atoms with Crippen molar-refractivity contribution in [3.63, 3.8) is 0 Å². The van der Waals surface area contributed by atoms with Gasteiger partial charge in [0.15, 0.2) is 0 Å². The summed E-state index contributed by atoms with van der Waals surface area (Å²) in [6.45, 7) is 0. The largest absolute Gasteiger partial charge is 0.324 e. The van der Waals surface area contributed by atoms with Gasteiger partial charge in [0.25, 0.3) is 5.69 Å². The summed E-state index contributed by atoms with van der Waals surface area (Å²) < 4.78 is 0.430. The number of thioether (sulfide) groups is 1. The van der Waals surface area contributed by atoms with Crippen LogP contribution in [0.3, 0.4) is 0 Å². The molecule has 7 nitrogen and oxygen atoms in total. The highest BCUT2D eigenvalue weighted by Crippen LogP contribution is 2.38. The van der Waals surface area contributed by atoms with Gasteiger partial charge in [0.05, 0.1) is 16.1 Å². The number of halogens is 1. The number of fused-ring (bicyclic) bond motifs is 1. The smallest absolute Gasteiger partial charge is 0.270 e. The number of hydrogen-bond donors (Lipinski definition) is 1. The average molecular weight is 495 g/mol. The monoisotopic (exact) mass is 494 g/mol. The van der Waals surface area contributed by atoms with Crippen molar-refractivity contribution >= 4 is 55.9 Å². The quantitative estimate of drug-likeness (QED) is 0.158. The molecule has 3 aromatic carbocycles. The number of non-ortho nitro benzene ring substituents is 1. The first-order valence-electron chi connectivity index (χ1n) is 9.19. The molecule has 4 rings (SSSR count). The van der Waals surface area contributed by atoms with E-state index < -0.39 is 10.2 Å². The van der Waals surface area contributed by atoms with E-state index in [1.165, 1.54) is 36.3 Å². The zero-order chi connectivity index (χ0) is 21.8. The van der Waals surface area contributed by atoms with Crippen molar-refractivity contribution in [2.45, 2.75) is 10.3 Å².